The van der Waals surface area contributed by atoms with Gasteiger partial charge in [-0.25, -0.2) is 4.98 Å². The van der Waals surface area contributed by atoms with Crippen molar-refractivity contribution in [1.82, 2.24) is 14.8 Å². The van der Waals surface area contributed by atoms with Crippen LogP contribution in [0.3, 0.4) is 0 Å². The Hall–Kier alpha value is -1.27. The molecule has 0 saturated carbocycles. The number of thiazole rings is 1. The summed E-state index contributed by atoms with van der Waals surface area (Å²) in [6.07, 6.45) is 0. The summed E-state index contributed by atoms with van der Waals surface area (Å²) < 4.78 is 5.44. The summed E-state index contributed by atoms with van der Waals surface area (Å²) in [5.74, 6) is 0. The van der Waals surface area contributed by atoms with Crippen molar-refractivity contribution in [2.75, 3.05) is 45.9 Å². The Morgan fingerprint density at radius 1 is 1.09 bits per heavy atom. The van der Waals surface area contributed by atoms with E-state index in [4.69, 9.17) is 9.72 Å². The average molecular weight is 331 g/mol. The van der Waals surface area contributed by atoms with Crippen LogP contribution in [0.15, 0.2) is 35.7 Å². The van der Waals surface area contributed by atoms with Crippen LogP contribution in [-0.4, -0.2) is 60.7 Å². The first-order valence-corrected chi connectivity index (χ1v) is 9.25. The van der Waals surface area contributed by atoms with Crippen LogP contribution in [0.1, 0.15) is 12.6 Å². The second-order valence-electron chi connectivity index (χ2n) is 5.82. The number of hydrogen-bond donors (Lipinski definition) is 0. The minimum absolute atomic E-state index is 0.813. The summed E-state index contributed by atoms with van der Waals surface area (Å²) in [6.45, 7) is 10.2. The van der Waals surface area contributed by atoms with Gasteiger partial charge in [-0.3, -0.25) is 9.80 Å². The molecular weight excluding hydrogens is 306 g/mol. The van der Waals surface area contributed by atoms with Gasteiger partial charge in [-0.1, -0.05) is 30.3 Å². The third-order valence-corrected chi connectivity index (χ3v) is 5.12. The van der Waals surface area contributed by atoms with E-state index < -0.39 is 0 Å². The van der Waals surface area contributed by atoms with Gasteiger partial charge in [0.2, 0.25) is 0 Å². The molecule has 0 unspecified atom stereocenters. The Balaban J connectivity index is 1.47. The van der Waals surface area contributed by atoms with Crippen LogP contribution in [0.25, 0.3) is 10.6 Å². The van der Waals surface area contributed by atoms with Gasteiger partial charge >= 0.3 is 0 Å². The minimum Gasteiger partial charge on any atom is -0.380 e. The Labute approximate surface area is 142 Å². The van der Waals surface area contributed by atoms with Crippen molar-refractivity contribution in [2.45, 2.75) is 13.5 Å². The second kappa shape index (κ2) is 8.55. The van der Waals surface area contributed by atoms with Gasteiger partial charge in [0.25, 0.3) is 0 Å². The van der Waals surface area contributed by atoms with Crippen molar-refractivity contribution in [1.29, 1.82) is 0 Å². The lowest BCUT2D eigenvalue weighted by Gasteiger charge is -2.34. The number of rotatable bonds is 7. The number of benzene rings is 1. The molecule has 1 saturated heterocycles. The van der Waals surface area contributed by atoms with E-state index in [-0.39, 0.29) is 0 Å². The summed E-state index contributed by atoms with van der Waals surface area (Å²) in [5, 5.41) is 3.32. The van der Waals surface area contributed by atoms with Crippen LogP contribution in [0.2, 0.25) is 0 Å². The predicted octanol–water partition coefficient (Wildman–Crippen LogP) is 2.96. The molecular formula is C18H25N3OS. The van der Waals surface area contributed by atoms with Crippen LogP contribution >= 0.6 is 11.3 Å². The summed E-state index contributed by atoms with van der Waals surface area (Å²) in [5.41, 5.74) is 2.40. The second-order valence-corrected chi connectivity index (χ2v) is 6.68. The maximum Gasteiger partial charge on any atom is 0.123 e. The van der Waals surface area contributed by atoms with Gasteiger partial charge in [-0.2, -0.15) is 0 Å². The van der Waals surface area contributed by atoms with E-state index in [0.29, 0.717) is 0 Å². The third kappa shape index (κ3) is 4.85. The highest BCUT2D eigenvalue weighted by Crippen LogP contribution is 2.24. The zero-order valence-corrected chi connectivity index (χ0v) is 14.6. The summed E-state index contributed by atoms with van der Waals surface area (Å²) in [4.78, 5) is 9.79. The number of nitrogens with zero attached hydrogens (tertiary/aromatic N) is 3. The topological polar surface area (TPSA) is 28.6 Å². The third-order valence-electron chi connectivity index (χ3n) is 4.18. The van der Waals surface area contributed by atoms with Gasteiger partial charge in [0.05, 0.1) is 12.3 Å². The van der Waals surface area contributed by atoms with E-state index in [2.05, 4.69) is 46.4 Å². The molecule has 124 valence electrons. The van der Waals surface area contributed by atoms with Crippen LogP contribution in [-0.2, 0) is 11.3 Å². The molecule has 4 nitrogen and oxygen atoms in total. The first-order valence-electron chi connectivity index (χ1n) is 8.37. The Morgan fingerprint density at radius 2 is 1.83 bits per heavy atom. The van der Waals surface area contributed by atoms with Crippen molar-refractivity contribution in [3.05, 3.63) is 41.4 Å². The molecule has 0 aliphatic carbocycles. The molecule has 1 aliphatic rings. The average Bonchev–Trinajstić information content (AvgIpc) is 3.06. The molecule has 23 heavy (non-hydrogen) atoms. The van der Waals surface area contributed by atoms with Gasteiger partial charge in [0.15, 0.2) is 0 Å². The first kappa shape index (κ1) is 16.6. The zero-order chi connectivity index (χ0) is 15.9. The summed E-state index contributed by atoms with van der Waals surface area (Å²) in [6, 6.07) is 10.4. The minimum atomic E-state index is 0.813. The molecule has 0 N–H and O–H groups in total. The molecule has 0 bridgehead atoms. The fourth-order valence-corrected chi connectivity index (χ4v) is 3.65. The number of piperazine rings is 1. The quantitative estimate of drug-likeness (QED) is 0.729. The number of ether oxygens (including phenoxy) is 1. The van der Waals surface area contributed by atoms with Crippen LogP contribution in [0, 0.1) is 0 Å². The lowest BCUT2D eigenvalue weighted by Crippen LogP contribution is -2.46. The fourth-order valence-electron chi connectivity index (χ4n) is 2.83. The van der Waals surface area contributed by atoms with E-state index in [0.717, 1.165) is 57.5 Å². The molecule has 0 spiro atoms. The normalized spacial score (nSPS) is 16.7. The molecule has 1 aromatic carbocycles. The van der Waals surface area contributed by atoms with Gasteiger partial charge in [0, 0.05) is 56.8 Å². The standard InChI is InChI=1S/C18H25N3OS/c1-2-22-13-12-20-8-10-21(11-9-20)14-17-15-23-18(19-17)16-6-4-3-5-7-16/h3-7,15H,2,8-14H2,1H3. The van der Waals surface area contributed by atoms with Crippen LogP contribution < -0.4 is 0 Å². The number of hydrogen-bond acceptors (Lipinski definition) is 5. The fraction of sp³-hybridized carbons (Fsp3) is 0.500. The lowest BCUT2D eigenvalue weighted by atomic mass is 10.2. The molecule has 2 heterocycles. The van der Waals surface area contributed by atoms with E-state index in [9.17, 15) is 0 Å². The molecule has 1 fully saturated rings. The Bertz CT molecular complexity index is 579. The van der Waals surface area contributed by atoms with Gasteiger partial charge < -0.3 is 4.74 Å². The first-order chi connectivity index (χ1) is 11.3. The van der Waals surface area contributed by atoms with Gasteiger partial charge in [0.1, 0.15) is 5.01 Å². The van der Waals surface area contributed by atoms with E-state index in [1.165, 1.54) is 11.3 Å². The molecule has 3 rings (SSSR count). The molecule has 1 aromatic heterocycles. The highest BCUT2D eigenvalue weighted by Gasteiger charge is 2.17. The maximum atomic E-state index is 5.44. The summed E-state index contributed by atoms with van der Waals surface area (Å²) >= 11 is 1.74. The molecule has 1 aliphatic heterocycles. The van der Waals surface area contributed by atoms with Crippen molar-refractivity contribution in [3.63, 3.8) is 0 Å². The largest absolute Gasteiger partial charge is 0.380 e. The van der Waals surface area contributed by atoms with E-state index in [1.54, 1.807) is 11.3 Å². The van der Waals surface area contributed by atoms with Crippen LogP contribution in [0.5, 0.6) is 0 Å². The molecule has 0 atom stereocenters. The lowest BCUT2D eigenvalue weighted by molar-refractivity contribution is 0.0783. The highest BCUT2D eigenvalue weighted by molar-refractivity contribution is 7.13. The Kier molecular flexibility index (Phi) is 6.16. The van der Waals surface area contributed by atoms with Crippen LogP contribution in [0.4, 0.5) is 0 Å². The molecule has 0 radical (unpaired) electrons. The van der Waals surface area contributed by atoms with Gasteiger partial charge in [-0.15, -0.1) is 11.3 Å². The van der Waals surface area contributed by atoms with Crippen molar-refractivity contribution < 1.29 is 4.74 Å². The van der Waals surface area contributed by atoms with E-state index in [1.807, 2.05) is 6.07 Å². The highest BCUT2D eigenvalue weighted by atomic mass is 32.1. The zero-order valence-electron chi connectivity index (χ0n) is 13.8. The monoisotopic (exact) mass is 331 g/mol. The summed E-state index contributed by atoms with van der Waals surface area (Å²) in [7, 11) is 0. The smallest absolute Gasteiger partial charge is 0.123 e. The number of aromatic nitrogens is 1. The maximum absolute atomic E-state index is 5.44. The SMILES string of the molecule is CCOCCN1CCN(Cc2csc(-c3ccccc3)n2)CC1. The van der Waals surface area contributed by atoms with E-state index >= 15 is 0 Å². The molecule has 2 aromatic rings. The molecule has 0 amide bonds. The van der Waals surface area contributed by atoms with Crippen molar-refractivity contribution in [2.24, 2.45) is 0 Å². The predicted molar refractivity (Wildman–Crippen MR) is 95.8 cm³/mol. The molecule has 5 heteroatoms. The van der Waals surface area contributed by atoms with Crippen molar-refractivity contribution >= 4 is 11.3 Å². The van der Waals surface area contributed by atoms with Crippen molar-refractivity contribution in [3.8, 4) is 10.6 Å². The Morgan fingerprint density at radius 3 is 2.57 bits per heavy atom. The van der Waals surface area contributed by atoms with Gasteiger partial charge in [-0.05, 0) is 6.92 Å².